The predicted molar refractivity (Wildman–Crippen MR) is 89.2 cm³/mol. The maximum absolute atomic E-state index is 12.4. The smallest absolute Gasteiger partial charge is 0.136 e. The second kappa shape index (κ2) is 5.57. The maximum atomic E-state index is 12.4. The topological polar surface area (TPSA) is 71.2 Å². The Labute approximate surface area is 136 Å². The van der Waals surface area contributed by atoms with Gasteiger partial charge in [0.05, 0.1) is 24.3 Å². The van der Waals surface area contributed by atoms with Crippen LogP contribution in [0.5, 0.6) is 5.75 Å². The number of aliphatic hydroxyl groups is 1. The molecule has 23 heavy (non-hydrogen) atoms. The van der Waals surface area contributed by atoms with E-state index in [4.69, 9.17) is 4.74 Å². The van der Waals surface area contributed by atoms with E-state index in [0.29, 0.717) is 6.42 Å². The normalized spacial score (nSPS) is 32.8. The number of benzene rings is 1. The molecule has 5 heteroatoms. The highest BCUT2D eigenvalue weighted by molar-refractivity contribution is 6.12. The van der Waals surface area contributed by atoms with Crippen molar-refractivity contribution < 1.29 is 14.6 Å². The van der Waals surface area contributed by atoms with Gasteiger partial charge in [-0.25, -0.2) is 0 Å². The highest BCUT2D eigenvalue weighted by Crippen LogP contribution is 2.48. The third kappa shape index (κ3) is 2.59. The Kier molecular flexibility index (Phi) is 3.84. The quantitative estimate of drug-likeness (QED) is 0.932. The molecule has 1 fully saturated rings. The zero-order valence-electron chi connectivity index (χ0n) is 13.9. The summed E-state index contributed by atoms with van der Waals surface area (Å²) in [7, 11) is 1.62. The van der Waals surface area contributed by atoms with E-state index in [1.54, 1.807) is 21.0 Å². The molecule has 1 saturated carbocycles. The second-order valence-corrected chi connectivity index (χ2v) is 6.73. The van der Waals surface area contributed by atoms with Crippen molar-refractivity contribution in [1.29, 1.82) is 0 Å². The Balaban J connectivity index is 2.11. The minimum atomic E-state index is -1.12. The minimum absolute atomic E-state index is 0.00503. The number of ether oxygens (including phenoxy) is 1. The van der Waals surface area contributed by atoms with Gasteiger partial charge in [0.25, 0.3) is 0 Å². The van der Waals surface area contributed by atoms with Gasteiger partial charge in [0, 0.05) is 24.0 Å². The molecule has 0 unspecified atom stereocenters. The van der Waals surface area contributed by atoms with Crippen LogP contribution in [0.15, 0.2) is 34.5 Å². The van der Waals surface area contributed by atoms with E-state index in [-0.39, 0.29) is 17.6 Å². The molecule has 4 atom stereocenters. The largest absolute Gasteiger partial charge is 0.497 e. The van der Waals surface area contributed by atoms with E-state index in [1.807, 2.05) is 31.2 Å². The van der Waals surface area contributed by atoms with Crippen LogP contribution in [0.4, 0.5) is 0 Å². The molecular formula is C18H22N2O3. The fourth-order valence-electron chi connectivity index (χ4n) is 4.08. The SMILES string of the molecule is COc1ccc([C@@H]2[C@@H]3C(C)=NN=C3C[C@@](C)(O)[C@@H]2C(C)=O)cc1. The fourth-order valence-corrected chi connectivity index (χ4v) is 4.08. The Morgan fingerprint density at radius 2 is 1.96 bits per heavy atom. The van der Waals surface area contributed by atoms with Gasteiger partial charge in [-0.3, -0.25) is 4.79 Å². The molecule has 5 nitrogen and oxygen atoms in total. The molecule has 3 rings (SSSR count). The van der Waals surface area contributed by atoms with E-state index in [1.165, 1.54) is 0 Å². The Bertz CT molecular complexity index is 689. The number of hydrogen-bond acceptors (Lipinski definition) is 5. The molecule has 0 bridgehead atoms. The van der Waals surface area contributed by atoms with Gasteiger partial charge in [-0.05, 0) is 38.5 Å². The van der Waals surface area contributed by atoms with Gasteiger partial charge < -0.3 is 9.84 Å². The number of rotatable bonds is 3. The summed E-state index contributed by atoms with van der Waals surface area (Å²) in [6.45, 7) is 5.22. The van der Waals surface area contributed by atoms with Crippen LogP contribution in [0.3, 0.4) is 0 Å². The third-order valence-electron chi connectivity index (χ3n) is 5.01. The van der Waals surface area contributed by atoms with E-state index >= 15 is 0 Å². The lowest BCUT2D eigenvalue weighted by Crippen LogP contribution is -2.53. The zero-order valence-corrected chi connectivity index (χ0v) is 13.9. The molecule has 0 aromatic heterocycles. The molecule has 1 aromatic rings. The van der Waals surface area contributed by atoms with Gasteiger partial charge in [0.15, 0.2) is 0 Å². The Morgan fingerprint density at radius 3 is 2.52 bits per heavy atom. The molecule has 1 aromatic carbocycles. The van der Waals surface area contributed by atoms with Crippen molar-refractivity contribution in [3.8, 4) is 5.75 Å². The Morgan fingerprint density at radius 1 is 1.30 bits per heavy atom. The monoisotopic (exact) mass is 314 g/mol. The van der Waals surface area contributed by atoms with Crippen molar-refractivity contribution in [2.24, 2.45) is 22.0 Å². The van der Waals surface area contributed by atoms with Gasteiger partial charge in [0.1, 0.15) is 11.5 Å². The number of hydrogen-bond donors (Lipinski definition) is 1. The molecule has 0 spiro atoms. The first-order valence-electron chi connectivity index (χ1n) is 7.83. The first-order chi connectivity index (χ1) is 10.8. The van der Waals surface area contributed by atoms with Crippen molar-refractivity contribution in [3.63, 3.8) is 0 Å². The summed E-state index contributed by atoms with van der Waals surface area (Å²) in [5.74, 6) is 0.101. The van der Waals surface area contributed by atoms with Crippen molar-refractivity contribution in [2.75, 3.05) is 7.11 Å². The summed E-state index contributed by atoms with van der Waals surface area (Å²) in [6, 6.07) is 7.69. The number of fused-ring (bicyclic) bond motifs is 1. The van der Waals surface area contributed by atoms with Gasteiger partial charge in [-0.15, -0.1) is 0 Å². The molecule has 0 radical (unpaired) electrons. The molecule has 0 saturated heterocycles. The summed E-state index contributed by atoms with van der Waals surface area (Å²) in [5, 5.41) is 19.3. The van der Waals surface area contributed by atoms with E-state index in [9.17, 15) is 9.90 Å². The fraction of sp³-hybridized carbons (Fsp3) is 0.500. The molecule has 122 valence electrons. The first kappa shape index (κ1) is 15.9. The van der Waals surface area contributed by atoms with Gasteiger partial charge in [-0.1, -0.05) is 12.1 Å². The number of ketones is 1. The summed E-state index contributed by atoms with van der Waals surface area (Å²) in [5.41, 5.74) is 1.65. The van der Waals surface area contributed by atoms with Crippen molar-refractivity contribution in [1.82, 2.24) is 0 Å². The summed E-state index contributed by atoms with van der Waals surface area (Å²) in [4.78, 5) is 12.4. The minimum Gasteiger partial charge on any atom is -0.497 e. The third-order valence-corrected chi connectivity index (χ3v) is 5.01. The molecule has 1 aliphatic heterocycles. The second-order valence-electron chi connectivity index (χ2n) is 6.73. The summed E-state index contributed by atoms with van der Waals surface area (Å²) >= 11 is 0. The van der Waals surface area contributed by atoms with E-state index in [2.05, 4.69) is 10.2 Å². The van der Waals surface area contributed by atoms with Crippen LogP contribution < -0.4 is 4.74 Å². The van der Waals surface area contributed by atoms with Crippen LogP contribution in [0, 0.1) is 11.8 Å². The summed E-state index contributed by atoms with van der Waals surface area (Å²) in [6.07, 6.45) is 0.384. The molecular weight excluding hydrogens is 292 g/mol. The average Bonchev–Trinajstić information content (AvgIpc) is 2.85. The van der Waals surface area contributed by atoms with Crippen LogP contribution >= 0.6 is 0 Å². The van der Waals surface area contributed by atoms with Crippen molar-refractivity contribution in [3.05, 3.63) is 29.8 Å². The molecule has 1 aliphatic carbocycles. The zero-order chi connectivity index (χ0) is 16.8. The molecule has 1 heterocycles. The number of methoxy groups -OCH3 is 1. The van der Waals surface area contributed by atoms with Crippen LogP contribution in [0.25, 0.3) is 0 Å². The number of carbonyl (C=O) groups excluding carboxylic acids is 1. The standard InChI is InChI=1S/C18H22N2O3/c1-10-15-14(20-19-10)9-18(3,22)17(11(2)21)16(15)12-5-7-13(23-4)8-6-12/h5-8,15-17,22H,9H2,1-4H3/t15-,16-,17-,18-/m1/s1. The van der Waals surface area contributed by atoms with Crippen LogP contribution in [-0.2, 0) is 4.79 Å². The molecule has 1 N–H and O–H groups in total. The lowest BCUT2D eigenvalue weighted by atomic mass is 9.59. The van der Waals surface area contributed by atoms with Crippen LogP contribution in [0.2, 0.25) is 0 Å². The lowest BCUT2D eigenvalue weighted by molar-refractivity contribution is -0.131. The predicted octanol–water partition coefficient (Wildman–Crippen LogP) is 2.59. The van der Waals surface area contributed by atoms with Crippen molar-refractivity contribution >= 4 is 17.2 Å². The lowest BCUT2D eigenvalue weighted by Gasteiger charge is -2.45. The highest BCUT2D eigenvalue weighted by atomic mass is 16.5. The first-order valence-corrected chi connectivity index (χ1v) is 7.83. The number of nitrogens with zero attached hydrogens (tertiary/aromatic N) is 2. The highest BCUT2D eigenvalue weighted by Gasteiger charge is 2.53. The van der Waals surface area contributed by atoms with Gasteiger partial charge in [-0.2, -0.15) is 10.2 Å². The average molecular weight is 314 g/mol. The van der Waals surface area contributed by atoms with Gasteiger partial charge >= 0.3 is 0 Å². The van der Waals surface area contributed by atoms with Gasteiger partial charge in [0.2, 0.25) is 0 Å². The molecule has 2 aliphatic rings. The van der Waals surface area contributed by atoms with Crippen LogP contribution in [0.1, 0.15) is 38.7 Å². The van der Waals surface area contributed by atoms with Crippen LogP contribution in [-0.4, -0.2) is 35.0 Å². The Hall–Kier alpha value is -2.01. The van der Waals surface area contributed by atoms with E-state index < -0.39 is 11.5 Å². The van der Waals surface area contributed by atoms with Crippen molar-refractivity contribution in [2.45, 2.75) is 38.7 Å². The summed E-state index contributed by atoms with van der Waals surface area (Å²) < 4.78 is 5.22. The molecule has 0 amide bonds. The number of carbonyl (C=O) groups is 1. The number of Topliss-reactive ketones (excluding diaryl/α,β-unsaturated/α-hetero) is 1. The van der Waals surface area contributed by atoms with E-state index in [0.717, 1.165) is 22.7 Å². The maximum Gasteiger partial charge on any atom is 0.136 e.